The normalized spacial score (nSPS) is 16.0. The number of nitrogens with zero attached hydrogens (tertiary/aromatic N) is 3. The van der Waals surface area contributed by atoms with Crippen molar-refractivity contribution in [3.05, 3.63) is 80.5 Å². The molecule has 5 nitrogen and oxygen atoms in total. The highest BCUT2D eigenvalue weighted by Gasteiger charge is 2.33. The summed E-state index contributed by atoms with van der Waals surface area (Å²) in [6, 6.07) is 16.1. The van der Waals surface area contributed by atoms with Crippen LogP contribution in [0.2, 0.25) is 0 Å². The van der Waals surface area contributed by atoms with Crippen LogP contribution < -0.4 is 0 Å². The maximum atomic E-state index is 13.1. The molecule has 4 aromatic rings. The fourth-order valence-electron chi connectivity index (χ4n) is 3.76. The van der Waals surface area contributed by atoms with Crippen molar-refractivity contribution in [3.8, 4) is 11.4 Å². The van der Waals surface area contributed by atoms with E-state index in [0.717, 1.165) is 18.5 Å². The van der Waals surface area contributed by atoms with Crippen molar-refractivity contribution in [1.82, 2.24) is 15.0 Å². The minimum absolute atomic E-state index is 0.0139. The third-order valence-corrected chi connectivity index (χ3v) is 7.07. The van der Waals surface area contributed by atoms with Gasteiger partial charge in [0.05, 0.1) is 6.04 Å². The number of thiophene rings is 2. The Labute approximate surface area is 176 Å². The van der Waals surface area contributed by atoms with Gasteiger partial charge in [-0.15, -0.1) is 22.7 Å². The molecule has 7 heteroatoms. The van der Waals surface area contributed by atoms with Crippen molar-refractivity contribution in [1.29, 1.82) is 0 Å². The molecule has 0 radical (unpaired) electrons. The van der Waals surface area contributed by atoms with E-state index in [0.29, 0.717) is 24.6 Å². The van der Waals surface area contributed by atoms with Gasteiger partial charge in [-0.25, -0.2) is 0 Å². The summed E-state index contributed by atoms with van der Waals surface area (Å²) in [5, 5.41) is 8.25. The first-order chi connectivity index (χ1) is 14.3. The lowest BCUT2D eigenvalue weighted by Gasteiger charge is -2.35. The number of carbonyl (C=O) groups excluding carboxylic acids is 1. The lowest BCUT2D eigenvalue weighted by molar-refractivity contribution is -0.133. The molecule has 1 amide bonds. The highest BCUT2D eigenvalue weighted by molar-refractivity contribution is 7.10. The zero-order valence-electron chi connectivity index (χ0n) is 15.7. The van der Waals surface area contributed by atoms with Crippen molar-refractivity contribution in [2.45, 2.75) is 25.3 Å². The second kappa shape index (κ2) is 7.93. The predicted octanol–water partition coefficient (Wildman–Crippen LogP) is 4.97. The zero-order chi connectivity index (χ0) is 19.6. The number of fused-ring (bicyclic) bond motifs is 1. The van der Waals surface area contributed by atoms with Crippen LogP contribution in [-0.2, 0) is 17.6 Å². The number of hydrogen-bond donors (Lipinski definition) is 0. The van der Waals surface area contributed by atoms with Crippen LogP contribution in [0.1, 0.15) is 33.7 Å². The molecule has 146 valence electrons. The van der Waals surface area contributed by atoms with E-state index in [2.05, 4.69) is 33.0 Å². The molecule has 1 aliphatic rings. The Kier molecular flexibility index (Phi) is 4.99. The quantitative estimate of drug-likeness (QED) is 0.457. The Hall–Kier alpha value is -2.77. The van der Waals surface area contributed by atoms with Crippen LogP contribution in [0.5, 0.6) is 0 Å². The second-order valence-corrected chi connectivity index (χ2v) is 8.91. The average molecular weight is 422 g/mol. The highest BCUT2D eigenvalue weighted by atomic mass is 32.1. The Balaban J connectivity index is 1.31. The molecule has 4 heterocycles. The summed E-state index contributed by atoms with van der Waals surface area (Å²) in [6.07, 6.45) is 1.72. The number of rotatable bonds is 5. The largest absolute Gasteiger partial charge is 0.339 e. The molecular weight excluding hydrogens is 402 g/mol. The van der Waals surface area contributed by atoms with Gasteiger partial charge in [-0.1, -0.05) is 41.6 Å². The van der Waals surface area contributed by atoms with Gasteiger partial charge in [0.2, 0.25) is 17.6 Å². The molecule has 0 bridgehead atoms. The molecule has 3 aromatic heterocycles. The molecule has 0 spiro atoms. The molecule has 0 aliphatic carbocycles. The fraction of sp³-hybridized carbons (Fsp3) is 0.227. The number of aryl methyl sites for hydroxylation is 1. The number of benzene rings is 1. The van der Waals surface area contributed by atoms with Gasteiger partial charge in [-0.2, -0.15) is 4.98 Å². The van der Waals surface area contributed by atoms with Crippen molar-refractivity contribution in [3.63, 3.8) is 0 Å². The van der Waals surface area contributed by atoms with E-state index in [-0.39, 0.29) is 11.9 Å². The van der Waals surface area contributed by atoms with E-state index in [9.17, 15) is 4.79 Å². The Morgan fingerprint density at radius 3 is 2.83 bits per heavy atom. The van der Waals surface area contributed by atoms with Gasteiger partial charge in [0.15, 0.2) is 0 Å². The van der Waals surface area contributed by atoms with E-state index in [4.69, 9.17) is 4.52 Å². The molecule has 0 fully saturated rings. The van der Waals surface area contributed by atoms with Gasteiger partial charge in [0, 0.05) is 34.7 Å². The fourth-order valence-corrected chi connectivity index (χ4v) is 5.52. The van der Waals surface area contributed by atoms with Crippen molar-refractivity contribution in [2.75, 3.05) is 6.54 Å². The van der Waals surface area contributed by atoms with Crippen LogP contribution in [-0.4, -0.2) is 27.5 Å². The van der Waals surface area contributed by atoms with Gasteiger partial charge in [-0.3, -0.25) is 4.79 Å². The third-order valence-electron chi connectivity index (χ3n) is 5.15. The van der Waals surface area contributed by atoms with E-state index < -0.39 is 0 Å². The van der Waals surface area contributed by atoms with Gasteiger partial charge in [-0.05, 0) is 34.9 Å². The molecule has 1 aliphatic heterocycles. The monoisotopic (exact) mass is 421 g/mol. The van der Waals surface area contributed by atoms with Gasteiger partial charge >= 0.3 is 0 Å². The molecule has 1 atom stereocenters. The SMILES string of the molecule is O=C(CCc1nc(-c2ccccc2)no1)N1CCc2sccc2[C@@H]1c1cccs1. The van der Waals surface area contributed by atoms with E-state index in [1.54, 1.807) is 22.7 Å². The van der Waals surface area contributed by atoms with Gasteiger partial charge in [0.25, 0.3) is 0 Å². The predicted molar refractivity (Wildman–Crippen MR) is 114 cm³/mol. The molecular formula is C22H19N3O2S2. The van der Waals surface area contributed by atoms with E-state index in [1.807, 2.05) is 41.3 Å². The van der Waals surface area contributed by atoms with Gasteiger partial charge < -0.3 is 9.42 Å². The first-order valence-electron chi connectivity index (χ1n) is 9.57. The average Bonchev–Trinajstić information content (AvgIpc) is 3.53. The van der Waals surface area contributed by atoms with Crippen LogP contribution >= 0.6 is 22.7 Å². The molecule has 29 heavy (non-hydrogen) atoms. The minimum atomic E-state index is 0.0139. The number of hydrogen-bond acceptors (Lipinski definition) is 6. The lowest BCUT2D eigenvalue weighted by Crippen LogP contribution is -2.39. The first-order valence-corrected chi connectivity index (χ1v) is 11.3. The number of carbonyl (C=O) groups is 1. The first kappa shape index (κ1) is 18.3. The summed E-state index contributed by atoms with van der Waals surface area (Å²) in [6.45, 7) is 0.744. The van der Waals surface area contributed by atoms with Crippen molar-refractivity contribution < 1.29 is 9.32 Å². The van der Waals surface area contributed by atoms with Crippen molar-refractivity contribution >= 4 is 28.6 Å². The van der Waals surface area contributed by atoms with Crippen LogP contribution in [0.15, 0.2) is 63.8 Å². The summed E-state index contributed by atoms with van der Waals surface area (Å²) in [5.41, 5.74) is 2.17. The smallest absolute Gasteiger partial charge is 0.227 e. The van der Waals surface area contributed by atoms with Crippen LogP contribution in [0.3, 0.4) is 0 Å². The summed E-state index contributed by atoms with van der Waals surface area (Å²) >= 11 is 3.49. The molecule has 5 rings (SSSR count). The Morgan fingerprint density at radius 2 is 2.00 bits per heavy atom. The highest BCUT2D eigenvalue weighted by Crippen LogP contribution is 2.39. The summed E-state index contributed by atoms with van der Waals surface area (Å²) < 4.78 is 5.37. The minimum Gasteiger partial charge on any atom is -0.339 e. The lowest BCUT2D eigenvalue weighted by atomic mass is 9.98. The summed E-state index contributed by atoms with van der Waals surface area (Å²) in [7, 11) is 0. The molecule has 0 N–H and O–H groups in total. The Morgan fingerprint density at radius 1 is 1.10 bits per heavy atom. The van der Waals surface area contributed by atoms with Crippen LogP contribution in [0, 0.1) is 0 Å². The number of aromatic nitrogens is 2. The molecule has 0 unspecified atom stereocenters. The van der Waals surface area contributed by atoms with Crippen LogP contribution in [0.4, 0.5) is 0 Å². The van der Waals surface area contributed by atoms with E-state index in [1.165, 1.54) is 15.3 Å². The number of amides is 1. The Bertz CT molecular complexity index is 1100. The van der Waals surface area contributed by atoms with Crippen molar-refractivity contribution in [2.24, 2.45) is 0 Å². The maximum Gasteiger partial charge on any atom is 0.227 e. The summed E-state index contributed by atoms with van der Waals surface area (Å²) in [4.78, 5) is 22.2. The molecule has 1 aromatic carbocycles. The second-order valence-electron chi connectivity index (χ2n) is 6.93. The molecule has 0 saturated heterocycles. The molecule has 0 saturated carbocycles. The third kappa shape index (κ3) is 3.63. The maximum absolute atomic E-state index is 13.1. The van der Waals surface area contributed by atoms with E-state index >= 15 is 0 Å². The standard InChI is InChI=1S/C22H19N3O2S2/c26-20(9-8-19-23-22(24-27-19)15-5-2-1-3-6-15)25-12-10-17-16(11-14-29-17)21(25)18-7-4-13-28-18/h1-7,11,13-14,21H,8-10,12H2/t21-/m1/s1. The topological polar surface area (TPSA) is 59.2 Å². The zero-order valence-corrected chi connectivity index (χ0v) is 17.3. The van der Waals surface area contributed by atoms with Crippen LogP contribution in [0.25, 0.3) is 11.4 Å². The summed E-state index contributed by atoms with van der Waals surface area (Å²) in [5.74, 6) is 1.18. The van der Waals surface area contributed by atoms with Gasteiger partial charge in [0.1, 0.15) is 0 Å².